The van der Waals surface area contributed by atoms with Crippen LogP contribution < -0.4 is 11.5 Å². The highest BCUT2D eigenvalue weighted by atomic mass is 16.4. The second-order valence-electron chi connectivity index (χ2n) is 2.49. The van der Waals surface area contributed by atoms with Crippen molar-refractivity contribution >= 4 is 11.8 Å². The molecule has 64 valence electrons. The third kappa shape index (κ3) is 3.69. The van der Waals surface area contributed by atoms with Crippen molar-refractivity contribution in [3.05, 3.63) is 0 Å². The Labute approximate surface area is 64.4 Å². The van der Waals surface area contributed by atoms with Crippen molar-refractivity contribution in [2.24, 2.45) is 11.5 Å². The number of carbonyl (C=O) groups is 2. The van der Waals surface area contributed by atoms with E-state index in [-0.39, 0.29) is 12.8 Å². The van der Waals surface area contributed by atoms with E-state index < -0.39 is 17.4 Å². The van der Waals surface area contributed by atoms with Crippen molar-refractivity contribution in [3.63, 3.8) is 0 Å². The second-order valence-corrected chi connectivity index (χ2v) is 2.49. The van der Waals surface area contributed by atoms with E-state index >= 15 is 0 Å². The third-order valence-electron chi connectivity index (χ3n) is 1.41. The van der Waals surface area contributed by atoms with Crippen LogP contribution in [0.1, 0.15) is 19.8 Å². The van der Waals surface area contributed by atoms with Crippen LogP contribution in [0.4, 0.5) is 0 Å². The average molecular weight is 160 g/mol. The van der Waals surface area contributed by atoms with Gasteiger partial charge in [0.2, 0.25) is 0 Å². The quantitative estimate of drug-likeness (QED) is 0.460. The molecule has 0 atom stereocenters. The highest BCUT2D eigenvalue weighted by Crippen LogP contribution is 2.03. The first-order chi connectivity index (χ1) is 4.86. The Hall–Kier alpha value is -0.940. The van der Waals surface area contributed by atoms with Crippen molar-refractivity contribution in [2.75, 3.05) is 0 Å². The number of aliphatic carboxylic acids is 1. The first-order valence-electron chi connectivity index (χ1n) is 3.17. The summed E-state index contributed by atoms with van der Waals surface area (Å²) >= 11 is 0. The molecule has 0 unspecified atom stereocenters. The number of hydrogen-bond donors (Lipinski definition) is 3. The predicted molar refractivity (Wildman–Crippen MR) is 38.7 cm³/mol. The molecule has 5 N–H and O–H groups in total. The minimum Gasteiger partial charge on any atom is -0.481 e. The maximum absolute atomic E-state index is 10.6. The van der Waals surface area contributed by atoms with Gasteiger partial charge in [-0.1, -0.05) is 0 Å². The van der Waals surface area contributed by atoms with Crippen molar-refractivity contribution in [3.8, 4) is 0 Å². The normalized spacial score (nSPS) is 11.2. The van der Waals surface area contributed by atoms with Crippen molar-refractivity contribution < 1.29 is 14.7 Å². The van der Waals surface area contributed by atoms with Gasteiger partial charge in [0, 0.05) is 6.42 Å². The fourth-order valence-electron chi connectivity index (χ4n) is 0.490. The second kappa shape index (κ2) is 3.45. The Morgan fingerprint density at radius 3 is 2.18 bits per heavy atom. The summed E-state index contributed by atoms with van der Waals surface area (Å²) in [5.41, 5.74) is 9.06. The van der Waals surface area contributed by atoms with E-state index in [9.17, 15) is 9.59 Å². The fraction of sp³-hybridized carbons (Fsp3) is 0.667. The molecule has 0 saturated carbocycles. The molecule has 11 heavy (non-hydrogen) atoms. The molecule has 0 aliphatic carbocycles. The van der Waals surface area contributed by atoms with E-state index in [1.165, 1.54) is 6.92 Å². The number of carboxylic acid groups (broad SMARTS) is 1. The molecule has 0 aromatic heterocycles. The van der Waals surface area contributed by atoms with Gasteiger partial charge in [0.1, 0.15) is 5.66 Å². The molecule has 0 amide bonds. The first-order valence-corrected chi connectivity index (χ1v) is 3.17. The topological polar surface area (TPSA) is 106 Å². The lowest BCUT2D eigenvalue weighted by atomic mass is 10.0. The summed E-state index contributed by atoms with van der Waals surface area (Å²) in [7, 11) is 0. The van der Waals surface area contributed by atoms with Gasteiger partial charge in [0.15, 0.2) is 5.78 Å². The molecule has 0 aromatic carbocycles. The Morgan fingerprint density at radius 2 is 1.91 bits per heavy atom. The number of ketones is 1. The van der Waals surface area contributed by atoms with Gasteiger partial charge in [-0.05, 0) is 13.3 Å². The summed E-state index contributed by atoms with van der Waals surface area (Å²) < 4.78 is 0. The van der Waals surface area contributed by atoms with Crippen molar-refractivity contribution in [1.29, 1.82) is 0 Å². The SMILES string of the molecule is CC(=O)C(N)(N)CCC(=O)O. The van der Waals surface area contributed by atoms with Crippen LogP contribution in [0.2, 0.25) is 0 Å². The molecule has 0 heterocycles. The Morgan fingerprint density at radius 1 is 1.45 bits per heavy atom. The molecule has 0 rings (SSSR count). The van der Waals surface area contributed by atoms with Crippen LogP contribution in [-0.4, -0.2) is 22.5 Å². The fourth-order valence-corrected chi connectivity index (χ4v) is 0.490. The molecule has 0 aromatic rings. The number of carbonyl (C=O) groups excluding carboxylic acids is 1. The van der Waals surface area contributed by atoms with Crippen LogP contribution in [0, 0.1) is 0 Å². The Bertz CT molecular complexity index is 177. The van der Waals surface area contributed by atoms with E-state index in [0.717, 1.165) is 0 Å². The van der Waals surface area contributed by atoms with Gasteiger partial charge in [-0.3, -0.25) is 9.59 Å². The molecule has 0 radical (unpaired) electrons. The maximum atomic E-state index is 10.6. The summed E-state index contributed by atoms with van der Waals surface area (Å²) in [5, 5.41) is 8.24. The summed E-state index contributed by atoms with van der Waals surface area (Å²) in [4.78, 5) is 20.7. The lowest BCUT2D eigenvalue weighted by molar-refractivity contribution is -0.137. The molecule has 0 spiro atoms. The first kappa shape index (κ1) is 10.1. The zero-order chi connectivity index (χ0) is 9.07. The zero-order valence-corrected chi connectivity index (χ0v) is 6.33. The lowest BCUT2D eigenvalue weighted by Gasteiger charge is -2.19. The summed E-state index contributed by atoms with van der Waals surface area (Å²) in [6.07, 6.45) is -0.218. The van der Waals surface area contributed by atoms with Gasteiger partial charge < -0.3 is 16.6 Å². The van der Waals surface area contributed by atoms with Crippen LogP contribution in [0.3, 0.4) is 0 Å². The van der Waals surface area contributed by atoms with Gasteiger partial charge in [0.25, 0.3) is 0 Å². The monoisotopic (exact) mass is 160 g/mol. The third-order valence-corrected chi connectivity index (χ3v) is 1.41. The van der Waals surface area contributed by atoms with Gasteiger partial charge in [-0.15, -0.1) is 0 Å². The number of hydrogen-bond acceptors (Lipinski definition) is 4. The van der Waals surface area contributed by atoms with Crippen LogP contribution in [0.15, 0.2) is 0 Å². The largest absolute Gasteiger partial charge is 0.481 e. The zero-order valence-electron chi connectivity index (χ0n) is 6.33. The van der Waals surface area contributed by atoms with Gasteiger partial charge in [-0.25, -0.2) is 0 Å². The number of Topliss-reactive ketones (excluding diaryl/α,β-unsaturated/α-hetero) is 1. The van der Waals surface area contributed by atoms with Crippen LogP contribution in [0.25, 0.3) is 0 Å². The number of carboxylic acids is 1. The number of rotatable bonds is 4. The van der Waals surface area contributed by atoms with Crippen LogP contribution >= 0.6 is 0 Å². The van der Waals surface area contributed by atoms with Gasteiger partial charge in [-0.2, -0.15) is 0 Å². The highest BCUT2D eigenvalue weighted by Gasteiger charge is 2.25. The molecule has 0 fully saturated rings. The van der Waals surface area contributed by atoms with E-state index in [1.54, 1.807) is 0 Å². The van der Waals surface area contributed by atoms with E-state index in [2.05, 4.69) is 0 Å². The summed E-state index contributed by atoms with van der Waals surface area (Å²) in [5.74, 6) is -1.41. The molecule has 0 aliphatic rings. The van der Waals surface area contributed by atoms with Crippen molar-refractivity contribution in [1.82, 2.24) is 0 Å². The van der Waals surface area contributed by atoms with E-state index in [0.29, 0.717) is 0 Å². The molecular weight excluding hydrogens is 148 g/mol. The summed E-state index contributed by atoms with van der Waals surface area (Å²) in [6.45, 7) is 1.24. The Kier molecular flexibility index (Phi) is 3.16. The van der Waals surface area contributed by atoms with E-state index in [1.807, 2.05) is 0 Å². The lowest BCUT2D eigenvalue weighted by Crippen LogP contribution is -2.55. The minimum atomic E-state index is -1.49. The average Bonchev–Trinajstić information content (AvgIpc) is 1.84. The maximum Gasteiger partial charge on any atom is 0.303 e. The van der Waals surface area contributed by atoms with Gasteiger partial charge >= 0.3 is 5.97 Å². The van der Waals surface area contributed by atoms with E-state index in [4.69, 9.17) is 16.6 Å². The summed E-state index contributed by atoms with van der Waals surface area (Å²) in [6, 6.07) is 0. The highest BCUT2D eigenvalue weighted by molar-refractivity contribution is 5.85. The Balaban J connectivity index is 3.92. The predicted octanol–water partition coefficient (Wildman–Crippen LogP) is -0.946. The standard InChI is InChI=1S/C6H12N2O3/c1-4(9)6(7,8)3-2-5(10)11/h2-3,7-8H2,1H3,(H,10,11). The van der Waals surface area contributed by atoms with Gasteiger partial charge in [0.05, 0.1) is 0 Å². The molecule has 0 aliphatic heterocycles. The smallest absolute Gasteiger partial charge is 0.303 e. The molecular formula is C6H12N2O3. The number of nitrogens with two attached hydrogens (primary N) is 2. The van der Waals surface area contributed by atoms with Crippen molar-refractivity contribution in [2.45, 2.75) is 25.4 Å². The van der Waals surface area contributed by atoms with Crippen LogP contribution in [-0.2, 0) is 9.59 Å². The van der Waals surface area contributed by atoms with Crippen LogP contribution in [0.5, 0.6) is 0 Å². The molecule has 5 nitrogen and oxygen atoms in total. The molecule has 0 saturated heterocycles. The molecule has 5 heteroatoms. The molecule has 0 bridgehead atoms. The minimum absolute atomic E-state index is 0.0301.